The van der Waals surface area contributed by atoms with Crippen molar-refractivity contribution in [2.24, 2.45) is 11.0 Å². The van der Waals surface area contributed by atoms with Gasteiger partial charge in [0.15, 0.2) is 0 Å². The van der Waals surface area contributed by atoms with Crippen molar-refractivity contribution in [1.82, 2.24) is 10.3 Å². The van der Waals surface area contributed by atoms with Crippen LogP contribution in [0.2, 0.25) is 0 Å². The van der Waals surface area contributed by atoms with Gasteiger partial charge >= 0.3 is 0 Å². The van der Waals surface area contributed by atoms with Gasteiger partial charge in [-0.25, -0.2) is 0 Å². The molecule has 0 aromatic rings. The number of carbonyl (C=O) groups is 3. The van der Waals surface area contributed by atoms with E-state index >= 15 is 0 Å². The van der Waals surface area contributed by atoms with Crippen molar-refractivity contribution in [1.29, 1.82) is 0 Å². The number of nitrogens with one attached hydrogen (secondary N) is 1. The lowest BCUT2D eigenvalue weighted by Gasteiger charge is -2.15. The Morgan fingerprint density at radius 1 is 1.41 bits per heavy atom. The van der Waals surface area contributed by atoms with E-state index in [0.29, 0.717) is 0 Å². The lowest BCUT2D eigenvalue weighted by molar-refractivity contribution is -0.143. The molecule has 122 valence electrons. The molecular formula is C14H21N3O5. The minimum atomic E-state index is -0.808. The van der Waals surface area contributed by atoms with E-state index in [4.69, 9.17) is 9.47 Å². The second kappa shape index (κ2) is 6.53. The standard InChI is InChI=1S/C14H21N3O5/c1-5-7(2)22-9-6-10(18)17(14(9)20)16-12-8(3)11(21-4)13(19)15-12/h7-9,11H,5-6H2,1-4H3,(H,15,16,19). The first-order valence-corrected chi connectivity index (χ1v) is 7.33. The van der Waals surface area contributed by atoms with Gasteiger partial charge in [0.2, 0.25) is 0 Å². The van der Waals surface area contributed by atoms with Gasteiger partial charge in [-0.05, 0) is 13.3 Å². The van der Waals surface area contributed by atoms with E-state index in [1.165, 1.54) is 7.11 Å². The number of ether oxygens (including phenoxy) is 2. The number of hydrogen-bond acceptors (Lipinski definition) is 6. The van der Waals surface area contributed by atoms with Gasteiger partial charge in [0.1, 0.15) is 18.0 Å². The molecule has 2 saturated heterocycles. The van der Waals surface area contributed by atoms with E-state index in [-0.39, 0.29) is 30.2 Å². The summed E-state index contributed by atoms with van der Waals surface area (Å²) in [5.41, 5.74) is 0. The Bertz CT molecular complexity index is 519. The SMILES string of the molecule is CCC(C)OC1CC(=O)N(/N=C2/NC(=O)C(OC)C2C)C1=O. The van der Waals surface area contributed by atoms with E-state index < -0.39 is 24.0 Å². The molecule has 1 N–H and O–H groups in total. The fourth-order valence-electron chi connectivity index (χ4n) is 2.40. The summed E-state index contributed by atoms with van der Waals surface area (Å²) in [4.78, 5) is 35.9. The maximum absolute atomic E-state index is 12.2. The van der Waals surface area contributed by atoms with E-state index in [1.54, 1.807) is 6.92 Å². The maximum atomic E-state index is 12.2. The van der Waals surface area contributed by atoms with Crippen LogP contribution in [0.1, 0.15) is 33.6 Å². The smallest absolute Gasteiger partial charge is 0.279 e. The highest BCUT2D eigenvalue weighted by Gasteiger charge is 2.43. The minimum Gasteiger partial charge on any atom is -0.371 e. The van der Waals surface area contributed by atoms with E-state index in [1.807, 2.05) is 13.8 Å². The lowest BCUT2D eigenvalue weighted by atomic mass is 10.1. The second-order valence-electron chi connectivity index (χ2n) is 5.51. The summed E-state index contributed by atoms with van der Waals surface area (Å²) >= 11 is 0. The Hall–Kier alpha value is -1.80. The van der Waals surface area contributed by atoms with Crippen LogP contribution in [0.4, 0.5) is 0 Å². The molecule has 2 aliphatic heterocycles. The van der Waals surface area contributed by atoms with Gasteiger partial charge in [0.05, 0.1) is 18.4 Å². The molecule has 0 aromatic carbocycles. The van der Waals surface area contributed by atoms with Crippen LogP contribution in [0, 0.1) is 5.92 Å². The van der Waals surface area contributed by atoms with Gasteiger partial charge in [-0.15, -0.1) is 5.10 Å². The number of rotatable bonds is 5. The van der Waals surface area contributed by atoms with Gasteiger partial charge in [0, 0.05) is 7.11 Å². The molecule has 8 nitrogen and oxygen atoms in total. The summed E-state index contributed by atoms with van der Waals surface area (Å²) in [5.74, 6) is -1.37. The minimum absolute atomic E-state index is 0.0318. The summed E-state index contributed by atoms with van der Waals surface area (Å²) in [6.45, 7) is 5.52. The van der Waals surface area contributed by atoms with Crippen LogP contribution in [-0.4, -0.2) is 54.0 Å². The molecular weight excluding hydrogens is 290 g/mol. The molecule has 8 heteroatoms. The number of amidine groups is 1. The fourth-order valence-corrected chi connectivity index (χ4v) is 2.40. The van der Waals surface area contributed by atoms with Crippen LogP contribution in [0.15, 0.2) is 5.10 Å². The average molecular weight is 311 g/mol. The Morgan fingerprint density at radius 3 is 2.64 bits per heavy atom. The summed E-state index contributed by atoms with van der Waals surface area (Å²) in [7, 11) is 1.42. The van der Waals surface area contributed by atoms with Crippen molar-refractivity contribution in [3.63, 3.8) is 0 Å². The molecule has 0 aromatic heterocycles. The Labute approximate surface area is 128 Å². The third kappa shape index (κ3) is 3.02. The number of hydrazone groups is 1. The summed E-state index contributed by atoms with van der Waals surface area (Å²) < 4.78 is 10.6. The zero-order valence-electron chi connectivity index (χ0n) is 13.2. The van der Waals surface area contributed by atoms with Crippen molar-refractivity contribution in [2.45, 2.75) is 51.9 Å². The highest BCUT2D eigenvalue weighted by molar-refractivity contribution is 6.11. The Morgan fingerprint density at radius 2 is 2.09 bits per heavy atom. The molecule has 3 amide bonds. The Kier molecular flexibility index (Phi) is 4.92. The number of nitrogens with zero attached hydrogens (tertiary/aromatic N) is 2. The largest absolute Gasteiger partial charge is 0.371 e. The number of hydrogen-bond donors (Lipinski definition) is 1. The number of methoxy groups -OCH3 is 1. The normalized spacial score (nSPS) is 32.0. The summed E-state index contributed by atoms with van der Waals surface area (Å²) in [6.07, 6.45) is -0.876. The quantitative estimate of drug-likeness (QED) is 0.722. The molecule has 0 bridgehead atoms. The van der Waals surface area contributed by atoms with Crippen LogP contribution in [0.5, 0.6) is 0 Å². The predicted molar refractivity (Wildman–Crippen MR) is 76.6 cm³/mol. The van der Waals surface area contributed by atoms with E-state index in [9.17, 15) is 14.4 Å². The first-order chi connectivity index (χ1) is 10.4. The van der Waals surface area contributed by atoms with Crippen molar-refractivity contribution in [2.75, 3.05) is 7.11 Å². The first kappa shape index (κ1) is 16.6. The molecule has 2 fully saturated rings. The average Bonchev–Trinajstić information content (AvgIpc) is 2.89. The van der Waals surface area contributed by atoms with E-state index in [2.05, 4.69) is 10.4 Å². The van der Waals surface area contributed by atoms with Gasteiger partial charge in [0.25, 0.3) is 17.7 Å². The zero-order chi connectivity index (χ0) is 16.4. The van der Waals surface area contributed by atoms with Gasteiger partial charge in [-0.3, -0.25) is 14.4 Å². The molecule has 4 atom stereocenters. The monoisotopic (exact) mass is 311 g/mol. The Balaban J connectivity index is 2.13. The fraction of sp³-hybridized carbons (Fsp3) is 0.714. The highest BCUT2D eigenvalue weighted by Crippen LogP contribution is 2.21. The summed E-state index contributed by atoms with van der Waals surface area (Å²) in [6, 6.07) is 0. The number of imide groups is 1. The van der Waals surface area contributed by atoms with Crippen LogP contribution in [-0.2, 0) is 23.9 Å². The molecule has 4 unspecified atom stereocenters. The van der Waals surface area contributed by atoms with Crippen molar-refractivity contribution in [3.8, 4) is 0 Å². The van der Waals surface area contributed by atoms with Crippen LogP contribution >= 0.6 is 0 Å². The highest BCUT2D eigenvalue weighted by atomic mass is 16.5. The van der Waals surface area contributed by atoms with Crippen LogP contribution in [0.3, 0.4) is 0 Å². The van der Waals surface area contributed by atoms with Gasteiger partial charge in [-0.1, -0.05) is 13.8 Å². The van der Waals surface area contributed by atoms with Crippen molar-refractivity contribution < 1.29 is 23.9 Å². The molecule has 2 heterocycles. The molecule has 0 saturated carbocycles. The maximum Gasteiger partial charge on any atom is 0.279 e. The molecule has 2 aliphatic rings. The molecule has 0 spiro atoms. The zero-order valence-corrected chi connectivity index (χ0v) is 13.2. The van der Waals surface area contributed by atoms with Gasteiger partial charge in [-0.2, -0.15) is 5.01 Å². The number of amides is 3. The third-order valence-electron chi connectivity index (χ3n) is 3.91. The van der Waals surface area contributed by atoms with Crippen LogP contribution in [0.25, 0.3) is 0 Å². The van der Waals surface area contributed by atoms with E-state index in [0.717, 1.165) is 11.4 Å². The molecule has 0 aliphatic carbocycles. The summed E-state index contributed by atoms with van der Waals surface area (Å²) in [5, 5.41) is 7.34. The van der Waals surface area contributed by atoms with Crippen molar-refractivity contribution >= 4 is 23.6 Å². The lowest BCUT2D eigenvalue weighted by Crippen LogP contribution is -2.33. The molecule has 22 heavy (non-hydrogen) atoms. The van der Waals surface area contributed by atoms with Gasteiger partial charge < -0.3 is 14.8 Å². The second-order valence-corrected chi connectivity index (χ2v) is 5.51. The van der Waals surface area contributed by atoms with Crippen LogP contribution < -0.4 is 5.32 Å². The topological polar surface area (TPSA) is 97.3 Å². The predicted octanol–water partition coefficient (Wildman–Crippen LogP) is 0.0234. The van der Waals surface area contributed by atoms with Crippen molar-refractivity contribution in [3.05, 3.63) is 0 Å². The first-order valence-electron chi connectivity index (χ1n) is 7.33. The molecule has 0 radical (unpaired) electrons. The molecule has 2 rings (SSSR count). The third-order valence-corrected chi connectivity index (χ3v) is 3.91. The number of carbonyl (C=O) groups excluding carboxylic acids is 3.